The first kappa shape index (κ1) is 25.6. The second kappa shape index (κ2) is 11.0. The maximum atomic E-state index is 12.0. The average molecular weight is 506 g/mol. The van der Waals surface area contributed by atoms with Crippen molar-refractivity contribution in [2.75, 3.05) is 5.32 Å². The number of anilines is 1. The number of carboxylic acid groups (broad SMARTS) is 1. The first-order valence-electron chi connectivity index (χ1n) is 10.3. The van der Waals surface area contributed by atoms with Crippen molar-refractivity contribution in [2.24, 2.45) is 0 Å². The molecule has 0 aliphatic carbocycles. The topological polar surface area (TPSA) is 109 Å². The van der Waals surface area contributed by atoms with E-state index in [9.17, 15) is 18.0 Å². The highest BCUT2D eigenvalue weighted by Crippen LogP contribution is 2.33. The molecule has 0 fully saturated rings. The van der Waals surface area contributed by atoms with Crippen LogP contribution >= 0.6 is 11.6 Å². The van der Waals surface area contributed by atoms with Gasteiger partial charge < -0.3 is 10.4 Å². The number of rotatable bonds is 5. The first-order valence-corrected chi connectivity index (χ1v) is 10.6. The van der Waals surface area contributed by atoms with E-state index in [0.717, 1.165) is 34.6 Å². The minimum Gasteiger partial charge on any atom is -0.475 e. The molecule has 35 heavy (non-hydrogen) atoms. The summed E-state index contributed by atoms with van der Waals surface area (Å²) in [6, 6.07) is 15.0. The number of hydrogen-bond acceptors (Lipinski definition) is 5. The van der Waals surface area contributed by atoms with Crippen LogP contribution in [0.3, 0.4) is 0 Å². The van der Waals surface area contributed by atoms with Crippen LogP contribution in [0.2, 0.25) is 5.02 Å². The van der Waals surface area contributed by atoms with Crippen molar-refractivity contribution in [3.63, 3.8) is 0 Å². The molecule has 4 rings (SSSR count). The number of alkyl halides is 3. The Balaban J connectivity index is 0.000000429. The quantitative estimate of drug-likeness (QED) is 0.371. The molecule has 3 heterocycles. The number of carbonyl (C=O) groups excluding carboxylic acids is 1. The lowest BCUT2D eigenvalue weighted by atomic mass is 10.1. The molecule has 3 aromatic heterocycles. The molecule has 4 aromatic rings. The molecule has 1 aromatic carbocycles. The van der Waals surface area contributed by atoms with Gasteiger partial charge in [0.05, 0.1) is 5.69 Å². The smallest absolute Gasteiger partial charge is 0.475 e. The minimum absolute atomic E-state index is 0.0570. The van der Waals surface area contributed by atoms with E-state index in [1.165, 1.54) is 0 Å². The van der Waals surface area contributed by atoms with Crippen molar-refractivity contribution >= 4 is 34.9 Å². The lowest BCUT2D eigenvalue weighted by Crippen LogP contribution is -2.21. The van der Waals surface area contributed by atoms with Crippen LogP contribution in [0.4, 0.5) is 19.0 Å². The van der Waals surface area contributed by atoms with Gasteiger partial charge in [-0.25, -0.2) is 19.3 Å². The summed E-state index contributed by atoms with van der Waals surface area (Å²) in [5, 5.41) is 15.1. The maximum Gasteiger partial charge on any atom is 0.490 e. The molecule has 2 N–H and O–H groups in total. The van der Waals surface area contributed by atoms with Gasteiger partial charge in [0, 0.05) is 35.0 Å². The number of carbonyl (C=O) groups is 2. The van der Waals surface area contributed by atoms with E-state index in [0.29, 0.717) is 17.3 Å². The number of halogens is 4. The fourth-order valence-electron chi connectivity index (χ4n) is 3.06. The molecule has 0 unspecified atom stereocenters. The maximum absolute atomic E-state index is 12.0. The van der Waals surface area contributed by atoms with Gasteiger partial charge in [0.25, 0.3) is 0 Å². The Kier molecular flexibility index (Phi) is 8.02. The molecular formula is C23H19ClF3N5O3. The molecule has 8 nitrogen and oxygen atoms in total. The highest BCUT2D eigenvalue weighted by Gasteiger charge is 2.38. The fraction of sp³-hybridized carbons (Fsp3) is 0.174. The Morgan fingerprint density at radius 2 is 1.83 bits per heavy atom. The van der Waals surface area contributed by atoms with Crippen LogP contribution in [0.1, 0.15) is 19.8 Å². The van der Waals surface area contributed by atoms with Gasteiger partial charge in [-0.05, 0) is 42.8 Å². The average Bonchev–Trinajstić information content (AvgIpc) is 3.19. The van der Waals surface area contributed by atoms with Gasteiger partial charge in [0.1, 0.15) is 11.5 Å². The van der Waals surface area contributed by atoms with Crippen molar-refractivity contribution < 1.29 is 27.9 Å². The number of fused-ring (bicyclic) bond motifs is 1. The molecule has 0 saturated carbocycles. The van der Waals surface area contributed by atoms with E-state index in [-0.39, 0.29) is 5.91 Å². The van der Waals surface area contributed by atoms with Crippen molar-refractivity contribution in [3.8, 4) is 22.5 Å². The zero-order valence-electron chi connectivity index (χ0n) is 18.3. The number of hydrogen-bond donors (Lipinski definition) is 2. The number of imidazole rings is 1. The number of pyridine rings is 1. The molecule has 1 amide bonds. The SMILES string of the molecule is CCCC(=O)Nc1cc(-c2c(-c3cccc(Cl)c3)nc3cccnn23)ccn1.O=C(O)C(F)(F)F. The molecular weight excluding hydrogens is 487 g/mol. The Labute approximate surface area is 202 Å². The number of nitrogens with one attached hydrogen (secondary N) is 1. The van der Waals surface area contributed by atoms with Gasteiger partial charge in [0.2, 0.25) is 5.91 Å². The summed E-state index contributed by atoms with van der Waals surface area (Å²) in [5.74, 6) is -2.31. The van der Waals surface area contributed by atoms with E-state index >= 15 is 0 Å². The van der Waals surface area contributed by atoms with Crippen LogP contribution < -0.4 is 5.32 Å². The monoisotopic (exact) mass is 505 g/mol. The van der Waals surface area contributed by atoms with E-state index in [1.807, 2.05) is 55.5 Å². The third-order valence-electron chi connectivity index (χ3n) is 4.51. The third kappa shape index (κ3) is 6.54. The zero-order valence-corrected chi connectivity index (χ0v) is 19.0. The van der Waals surface area contributed by atoms with Gasteiger partial charge in [-0.3, -0.25) is 4.79 Å². The zero-order chi connectivity index (χ0) is 25.6. The number of benzene rings is 1. The molecule has 0 saturated heterocycles. The van der Waals surface area contributed by atoms with Crippen LogP contribution in [-0.4, -0.2) is 42.7 Å². The van der Waals surface area contributed by atoms with E-state index < -0.39 is 12.1 Å². The standard InChI is InChI=1S/C21H18ClN5O.C2HF3O2/c1-2-5-19(28)25-17-13-15(9-11-23-17)21-20(14-6-3-7-16(22)12-14)26-18-8-4-10-24-27(18)21;3-2(4,5)1(6)7/h3-4,6-13H,2,5H2,1H3,(H,23,25,28);(H,6,7). The normalized spacial score (nSPS) is 11.0. The molecule has 182 valence electrons. The van der Waals surface area contributed by atoms with Crippen LogP contribution in [0.15, 0.2) is 60.9 Å². The molecule has 0 bridgehead atoms. The van der Waals surface area contributed by atoms with E-state index in [4.69, 9.17) is 26.5 Å². The van der Waals surface area contributed by atoms with Crippen LogP contribution in [0.5, 0.6) is 0 Å². The summed E-state index contributed by atoms with van der Waals surface area (Å²) in [7, 11) is 0. The second-order valence-electron chi connectivity index (χ2n) is 7.14. The van der Waals surface area contributed by atoms with Gasteiger partial charge in [-0.2, -0.15) is 18.3 Å². The van der Waals surface area contributed by atoms with Crippen molar-refractivity contribution in [1.82, 2.24) is 19.6 Å². The first-order chi connectivity index (χ1) is 16.6. The minimum atomic E-state index is -5.08. The third-order valence-corrected chi connectivity index (χ3v) is 4.75. The summed E-state index contributed by atoms with van der Waals surface area (Å²) in [5.41, 5.74) is 4.04. The molecule has 0 spiro atoms. The lowest BCUT2D eigenvalue weighted by Gasteiger charge is -2.08. The molecule has 0 atom stereocenters. The van der Waals surface area contributed by atoms with Crippen molar-refractivity contribution in [2.45, 2.75) is 25.9 Å². The number of amides is 1. The van der Waals surface area contributed by atoms with Crippen LogP contribution in [0, 0.1) is 0 Å². The highest BCUT2D eigenvalue weighted by molar-refractivity contribution is 6.30. The Morgan fingerprint density at radius 1 is 1.09 bits per heavy atom. The van der Waals surface area contributed by atoms with E-state index in [1.54, 1.807) is 16.9 Å². The molecule has 12 heteroatoms. The van der Waals surface area contributed by atoms with E-state index in [2.05, 4.69) is 15.4 Å². The highest BCUT2D eigenvalue weighted by atomic mass is 35.5. The Morgan fingerprint density at radius 3 is 2.49 bits per heavy atom. The van der Waals surface area contributed by atoms with Crippen LogP contribution in [0.25, 0.3) is 28.2 Å². The van der Waals surface area contributed by atoms with Gasteiger partial charge in [-0.1, -0.05) is 30.7 Å². The van der Waals surface area contributed by atoms with Crippen molar-refractivity contribution in [3.05, 3.63) is 65.9 Å². The fourth-order valence-corrected chi connectivity index (χ4v) is 3.25. The summed E-state index contributed by atoms with van der Waals surface area (Å²) in [6.45, 7) is 1.96. The van der Waals surface area contributed by atoms with Crippen molar-refractivity contribution in [1.29, 1.82) is 0 Å². The number of aromatic nitrogens is 4. The largest absolute Gasteiger partial charge is 0.490 e. The van der Waals surface area contributed by atoms with Gasteiger partial charge in [-0.15, -0.1) is 0 Å². The second-order valence-corrected chi connectivity index (χ2v) is 7.58. The summed E-state index contributed by atoms with van der Waals surface area (Å²) in [6.07, 6.45) is -0.468. The summed E-state index contributed by atoms with van der Waals surface area (Å²) < 4.78 is 33.5. The molecule has 0 radical (unpaired) electrons. The molecule has 0 aliphatic rings. The predicted octanol–water partition coefficient (Wildman–Crippen LogP) is 5.48. The summed E-state index contributed by atoms with van der Waals surface area (Å²) >= 11 is 6.20. The Hall–Kier alpha value is -3.99. The number of nitrogens with zero attached hydrogens (tertiary/aromatic N) is 4. The van der Waals surface area contributed by atoms with Gasteiger partial charge in [0.15, 0.2) is 5.65 Å². The number of aliphatic carboxylic acids is 1. The number of carboxylic acids is 1. The molecule has 0 aliphatic heterocycles. The predicted molar refractivity (Wildman–Crippen MR) is 124 cm³/mol. The van der Waals surface area contributed by atoms with Crippen LogP contribution in [-0.2, 0) is 9.59 Å². The summed E-state index contributed by atoms with van der Waals surface area (Å²) in [4.78, 5) is 29.9. The Bertz CT molecular complexity index is 1360. The van der Waals surface area contributed by atoms with Gasteiger partial charge >= 0.3 is 12.1 Å². The lowest BCUT2D eigenvalue weighted by molar-refractivity contribution is -0.192.